The minimum Gasteiger partial charge on any atom is -0.310 e. The van der Waals surface area contributed by atoms with E-state index >= 15 is 0 Å². The first-order valence-electron chi connectivity index (χ1n) is 8.49. The number of anilines is 2. The van der Waals surface area contributed by atoms with E-state index in [-0.39, 0.29) is 17.7 Å². The summed E-state index contributed by atoms with van der Waals surface area (Å²) in [6.45, 7) is 0.999. The molecule has 0 aromatic heterocycles. The number of carbonyl (C=O) groups excluding carboxylic acids is 2. The Bertz CT molecular complexity index is 768. The van der Waals surface area contributed by atoms with Crippen LogP contribution in [0.15, 0.2) is 54.6 Å². The highest BCUT2D eigenvalue weighted by atomic mass is 16.2. The molecule has 122 valence electrons. The molecule has 2 aromatic rings. The van der Waals surface area contributed by atoms with Crippen molar-refractivity contribution in [2.24, 2.45) is 5.92 Å². The Kier molecular flexibility index (Phi) is 3.81. The molecule has 1 saturated carbocycles. The molecular weight excluding hydrogens is 300 g/mol. The number of hydrogen-bond acceptors (Lipinski definition) is 2. The van der Waals surface area contributed by atoms with Crippen molar-refractivity contribution in [3.05, 3.63) is 60.2 Å². The molecule has 1 aliphatic carbocycles. The van der Waals surface area contributed by atoms with Crippen molar-refractivity contribution in [2.45, 2.75) is 25.8 Å². The second-order valence-corrected chi connectivity index (χ2v) is 6.47. The zero-order chi connectivity index (χ0) is 16.5. The Morgan fingerprint density at radius 2 is 1.62 bits per heavy atom. The van der Waals surface area contributed by atoms with Crippen LogP contribution in [0.4, 0.5) is 11.4 Å². The maximum atomic E-state index is 12.7. The molecule has 4 nitrogen and oxygen atoms in total. The molecule has 0 atom stereocenters. The fourth-order valence-corrected chi connectivity index (χ4v) is 3.24. The zero-order valence-corrected chi connectivity index (χ0v) is 13.5. The molecule has 2 amide bonds. The smallest absolute Gasteiger partial charge is 0.230 e. The number of fused-ring (bicyclic) bond motifs is 1. The second kappa shape index (κ2) is 6.11. The highest BCUT2D eigenvalue weighted by Crippen LogP contribution is 2.38. The SMILES string of the molecule is O=C1CCN(C(=O)C2CC2)c2ccccc2N1Cc1ccccc1. The lowest BCUT2D eigenvalue weighted by Crippen LogP contribution is -2.33. The van der Waals surface area contributed by atoms with E-state index in [0.29, 0.717) is 19.5 Å². The van der Waals surface area contributed by atoms with E-state index < -0.39 is 0 Å². The van der Waals surface area contributed by atoms with Crippen LogP contribution in [0, 0.1) is 5.92 Å². The Morgan fingerprint density at radius 1 is 0.958 bits per heavy atom. The highest BCUT2D eigenvalue weighted by molar-refractivity contribution is 6.06. The molecule has 4 heteroatoms. The summed E-state index contributed by atoms with van der Waals surface area (Å²) in [5, 5.41) is 0. The van der Waals surface area contributed by atoms with Crippen LogP contribution < -0.4 is 9.80 Å². The monoisotopic (exact) mass is 320 g/mol. The topological polar surface area (TPSA) is 40.6 Å². The van der Waals surface area contributed by atoms with Gasteiger partial charge >= 0.3 is 0 Å². The largest absolute Gasteiger partial charge is 0.310 e. The van der Waals surface area contributed by atoms with E-state index in [0.717, 1.165) is 29.8 Å². The first-order chi connectivity index (χ1) is 11.7. The van der Waals surface area contributed by atoms with Gasteiger partial charge in [0.1, 0.15) is 0 Å². The van der Waals surface area contributed by atoms with Gasteiger partial charge in [0.2, 0.25) is 11.8 Å². The van der Waals surface area contributed by atoms with Gasteiger partial charge in [0, 0.05) is 18.9 Å². The van der Waals surface area contributed by atoms with Gasteiger partial charge in [-0.2, -0.15) is 0 Å². The lowest BCUT2D eigenvalue weighted by molar-refractivity contribution is -0.120. The standard InChI is InChI=1S/C20H20N2O2/c23-19-12-13-21(20(24)16-10-11-16)17-8-4-5-9-18(17)22(19)14-15-6-2-1-3-7-15/h1-9,16H,10-14H2. The molecular formula is C20H20N2O2. The summed E-state index contributed by atoms with van der Waals surface area (Å²) in [5.74, 6) is 0.378. The lowest BCUT2D eigenvalue weighted by Gasteiger charge is -2.25. The third kappa shape index (κ3) is 2.80. The fraction of sp³-hybridized carbons (Fsp3) is 0.300. The molecule has 24 heavy (non-hydrogen) atoms. The number of carbonyl (C=O) groups is 2. The molecule has 0 saturated heterocycles. The van der Waals surface area contributed by atoms with Gasteiger partial charge in [-0.05, 0) is 30.5 Å². The second-order valence-electron chi connectivity index (χ2n) is 6.47. The summed E-state index contributed by atoms with van der Waals surface area (Å²) in [4.78, 5) is 29.0. The third-order valence-electron chi connectivity index (χ3n) is 4.69. The first kappa shape index (κ1) is 14.9. The van der Waals surface area contributed by atoms with Gasteiger partial charge in [0.25, 0.3) is 0 Å². The van der Waals surface area contributed by atoms with Gasteiger partial charge in [-0.1, -0.05) is 42.5 Å². The summed E-state index contributed by atoms with van der Waals surface area (Å²) in [5.41, 5.74) is 2.77. The molecule has 0 bridgehead atoms. The summed E-state index contributed by atoms with van der Waals surface area (Å²) < 4.78 is 0. The van der Waals surface area contributed by atoms with Gasteiger partial charge in [-0.25, -0.2) is 0 Å². The van der Waals surface area contributed by atoms with Gasteiger partial charge in [-0.15, -0.1) is 0 Å². The minimum atomic E-state index is 0.0670. The van der Waals surface area contributed by atoms with Crippen molar-refractivity contribution in [1.29, 1.82) is 0 Å². The summed E-state index contributed by atoms with van der Waals surface area (Å²) in [6.07, 6.45) is 2.30. The van der Waals surface area contributed by atoms with E-state index in [1.807, 2.05) is 64.4 Å². The van der Waals surface area contributed by atoms with Crippen molar-refractivity contribution >= 4 is 23.2 Å². The van der Waals surface area contributed by atoms with Crippen molar-refractivity contribution in [1.82, 2.24) is 0 Å². The van der Waals surface area contributed by atoms with Crippen LogP contribution in [-0.4, -0.2) is 18.4 Å². The molecule has 2 aromatic carbocycles. The van der Waals surface area contributed by atoms with Crippen molar-refractivity contribution in [3.8, 4) is 0 Å². The van der Waals surface area contributed by atoms with Crippen LogP contribution in [0.3, 0.4) is 0 Å². The number of benzene rings is 2. The van der Waals surface area contributed by atoms with Crippen LogP contribution in [0.25, 0.3) is 0 Å². The number of hydrogen-bond donors (Lipinski definition) is 0. The van der Waals surface area contributed by atoms with Gasteiger partial charge < -0.3 is 9.80 Å². The van der Waals surface area contributed by atoms with Crippen molar-refractivity contribution in [3.63, 3.8) is 0 Å². The lowest BCUT2D eigenvalue weighted by atomic mass is 10.1. The maximum absolute atomic E-state index is 12.7. The van der Waals surface area contributed by atoms with Gasteiger partial charge in [-0.3, -0.25) is 9.59 Å². The van der Waals surface area contributed by atoms with Gasteiger partial charge in [0.15, 0.2) is 0 Å². The molecule has 1 fully saturated rings. The number of para-hydroxylation sites is 2. The third-order valence-corrected chi connectivity index (χ3v) is 4.69. The van der Waals surface area contributed by atoms with Crippen LogP contribution in [0.2, 0.25) is 0 Å². The van der Waals surface area contributed by atoms with Gasteiger partial charge in [0.05, 0.1) is 17.9 Å². The Hall–Kier alpha value is -2.62. The fourth-order valence-electron chi connectivity index (χ4n) is 3.24. The predicted octanol–water partition coefficient (Wildman–Crippen LogP) is 3.37. The number of nitrogens with zero attached hydrogens (tertiary/aromatic N) is 2. The first-order valence-corrected chi connectivity index (χ1v) is 8.49. The normalized spacial score (nSPS) is 17.4. The van der Waals surface area contributed by atoms with Crippen molar-refractivity contribution < 1.29 is 9.59 Å². The number of amides is 2. The zero-order valence-electron chi connectivity index (χ0n) is 13.5. The van der Waals surface area contributed by atoms with E-state index in [1.165, 1.54) is 0 Å². The number of rotatable bonds is 3. The molecule has 4 rings (SSSR count). The van der Waals surface area contributed by atoms with Crippen LogP contribution in [0.5, 0.6) is 0 Å². The van der Waals surface area contributed by atoms with E-state index in [4.69, 9.17) is 0 Å². The van der Waals surface area contributed by atoms with Crippen LogP contribution >= 0.6 is 0 Å². The summed E-state index contributed by atoms with van der Waals surface area (Å²) in [6, 6.07) is 17.7. The summed E-state index contributed by atoms with van der Waals surface area (Å²) >= 11 is 0. The molecule has 2 aliphatic rings. The van der Waals surface area contributed by atoms with E-state index in [2.05, 4.69) is 0 Å². The molecule has 0 spiro atoms. The Balaban J connectivity index is 1.71. The van der Waals surface area contributed by atoms with E-state index in [1.54, 1.807) is 0 Å². The van der Waals surface area contributed by atoms with Crippen LogP contribution in [-0.2, 0) is 16.1 Å². The molecule has 0 unspecified atom stereocenters. The predicted molar refractivity (Wildman–Crippen MR) is 93.8 cm³/mol. The average molecular weight is 320 g/mol. The van der Waals surface area contributed by atoms with E-state index in [9.17, 15) is 9.59 Å². The summed E-state index contributed by atoms with van der Waals surface area (Å²) in [7, 11) is 0. The average Bonchev–Trinajstić information content (AvgIpc) is 3.46. The molecule has 0 N–H and O–H groups in total. The maximum Gasteiger partial charge on any atom is 0.230 e. The Labute approximate surface area is 141 Å². The molecule has 0 radical (unpaired) electrons. The highest BCUT2D eigenvalue weighted by Gasteiger charge is 2.37. The van der Waals surface area contributed by atoms with Crippen molar-refractivity contribution in [2.75, 3.05) is 16.3 Å². The van der Waals surface area contributed by atoms with Crippen LogP contribution in [0.1, 0.15) is 24.8 Å². The Morgan fingerprint density at radius 3 is 2.33 bits per heavy atom. The molecule has 1 aliphatic heterocycles. The minimum absolute atomic E-state index is 0.0670. The molecule has 1 heterocycles. The quantitative estimate of drug-likeness (QED) is 0.870.